The monoisotopic (exact) mass is 330 g/mol. The van der Waals surface area contributed by atoms with Crippen molar-refractivity contribution in [3.63, 3.8) is 0 Å². The molecule has 7 nitrogen and oxygen atoms in total. The Morgan fingerprint density at radius 3 is 2.67 bits per heavy atom. The summed E-state index contributed by atoms with van der Waals surface area (Å²) in [6.07, 6.45) is 4.54. The average molecular weight is 330 g/mol. The highest BCUT2D eigenvalue weighted by Gasteiger charge is 2.21. The van der Waals surface area contributed by atoms with Crippen molar-refractivity contribution in [2.45, 2.75) is 39.3 Å². The van der Waals surface area contributed by atoms with Gasteiger partial charge in [0, 0.05) is 23.8 Å². The number of amides is 2. The number of hydrogen-bond donors (Lipinski definition) is 2. The third-order valence-electron chi connectivity index (χ3n) is 3.04. The molecule has 128 valence electrons. The van der Waals surface area contributed by atoms with Crippen LogP contribution in [0.2, 0.25) is 0 Å². The molecule has 0 saturated carbocycles. The highest BCUT2D eigenvalue weighted by atomic mass is 16.6. The largest absolute Gasteiger partial charge is 0.444 e. The van der Waals surface area contributed by atoms with E-state index >= 15 is 0 Å². The number of carbonyl (C=O) groups excluding carboxylic acids is 2. The van der Waals surface area contributed by atoms with E-state index in [2.05, 4.69) is 15.6 Å². The van der Waals surface area contributed by atoms with Gasteiger partial charge in [-0.25, -0.2) is 9.78 Å². The zero-order valence-corrected chi connectivity index (χ0v) is 14.2. The lowest BCUT2D eigenvalue weighted by atomic mass is 10.2. The average Bonchev–Trinajstić information content (AvgIpc) is 2.99. The zero-order valence-electron chi connectivity index (χ0n) is 14.2. The fourth-order valence-corrected chi connectivity index (χ4v) is 1.96. The van der Waals surface area contributed by atoms with E-state index < -0.39 is 17.7 Å². The molecule has 2 rings (SSSR count). The molecule has 2 N–H and O–H groups in total. The summed E-state index contributed by atoms with van der Waals surface area (Å²) in [6, 6.07) is 6.60. The fraction of sp³-hybridized carbons (Fsp3) is 0.353. The first-order valence-electron chi connectivity index (χ1n) is 7.63. The van der Waals surface area contributed by atoms with E-state index in [0.717, 1.165) is 5.69 Å². The molecular weight excluding hydrogens is 308 g/mol. The molecule has 7 heteroatoms. The van der Waals surface area contributed by atoms with Crippen molar-refractivity contribution in [1.82, 2.24) is 14.9 Å². The topological polar surface area (TPSA) is 85.2 Å². The van der Waals surface area contributed by atoms with Crippen LogP contribution in [0.3, 0.4) is 0 Å². The maximum absolute atomic E-state index is 12.2. The number of nitrogens with zero attached hydrogens (tertiary/aromatic N) is 2. The number of hydrogen-bond acceptors (Lipinski definition) is 4. The van der Waals surface area contributed by atoms with E-state index in [9.17, 15) is 9.59 Å². The van der Waals surface area contributed by atoms with Crippen molar-refractivity contribution < 1.29 is 14.3 Å². The number of benzene rings is 1. The first-order valence-corrected chi connectivity index (χ1v) is 7.63. The van der Waals surface area contributed by atoms with Gasteiger partial charge in [-0.3, -0.25) is 4.79 Å². The molecule has 0 bridgehead atoms. The molecule has 1 atom stereocenters. The normalized spacial score (nSPS) is 12.3. The van der Waals surface area contributed by atoms with Crippen LogP contribution in [0.25, 0.3) is 5.69 Å². The van der Waals surface area contributed by atoms with Gasteiger partial charge in [0.25, 0.3) is 0 Å². The van der Waals surface area contributed by atoms with Gasteiger partial charge in [-0.15, -0.1) is 0 Å². The molecule has 0 radical (unpaired) electrons. The molecular formula is C17H22N4O3. The molecule has 0 aliphatic heterocycles. The van der Waals surface area contributed by atoms with Crippen molar-refractivity contribution in [2.24, 2.45) is 0 Å². The highest BCUT2D eigenvalue weighted by Crippen LogP contribution is 2.14. The van der Waals surface area contributed by atoms with Crippen LogP contribution >= 0.6 is 0 Å². The Bertz CT molecular complexity index is 705. The maximum atomic E-state index is 12.2. The van der Waals surface area contributed by atoms with Crippen molar-refractivity contribution in [3.05, 3.63) is 43.0 Å². The Hall–Kier alpha value is -2.83. The van der Waals surface area contributed by atoms with Crippen molar-refractivity contribution in [2.75, 3.05) is 5.32 Å². The highest BCUT2D eigenvalue weighted by molar-refractivity contribution is 5.96. The Balaban J connectivity index is 1.97. The summed E-state index contributed by atoms with van der Waals surface area (Å²) in [5, 5.41) is 5.28. The molecule has 1 aromatic heterocycles. The Morgan fingerprint density at radius 2 is 2.04 bits per heavy atom. The van der Waals surface area contributed by atoms with Crippen LogP contribution in [0.4, 0.5) is 10.5 Å². The van der Waals surface area contributed by atoms with Gasteiger partial charge in [0.2, 0.25) is 5.91 Å². The second-order valence-electron chi connectivity index (χ2n) is 6.38. The molecule has 24 heavy (non-hydrogen) atoms. The summed E-state index contributed by atoms with van der Waals surface area (Å²) in [4.78, 5) is 27.9. The van der Waals surface area contributed by atoms with Crippen LogP contribution < -0.4 is 10.6 Å². The molecule has 1 aromatic carbocycles. The standard InChI is InChI=1S/C17H22N4O3/c1-12(19-16(23)24-17(2,3)4)15(22)20-13-6-5-7-14(10-13)21-9-8-18-11-21/h5-12H,1-4H3,(H,19,23)(H,20,22). The quantitative estimate of drug-likeness (QED) is 0.902. The van der Waals surface area contributed by atoms with Crippen LogP contribution in [-0.2, 0) is 9.53 Å². The number of carbonyl (C=O) groups is 2. The molecule has 2 aromatic rings. The van der Waals surface area contributed by atoms with E-state index in [1.165, 1.54) is 0 Å². The number of aromatic nitrogens is 2. The first-order chi connectivity index (χ1) is 11.2. The Morgan fingerprint density at radius 1 is 1.29 bits per heavy atom. The van der Waals surface area contributed by atoms with Crippen molar-refractivity contribution in [1.29, 1.82) is 0 Å². The molecule has 2 amide bonds. The second-order valence-corrected chi connectivity index (χ2v) is 6.38. The SMILES string of the molecule is CC(NC(=O)OC(C)(C)C)C(=O)Nc1cccc(-n2ccnc2)c1. The van der Waals surface area contributed by atoms with Crippen LogP contribution in [0, 0.1) is 0 Å². The van der Waals surface area contributed by atoms with Gasteiger partial charge in [0.1, 0.15) is 11.6 Å². The summed E-state index contributed by atoms with van der Waals surface area (Å²) in [6.45, 7) is 6.88. The molecule has 0 spiro atoms. The predicted molar refractivity (Wildman–Crippen MR) is 91.0 cm³/mol. The van der Waals surface area contributed by atoms with Gasteiger partial charge in [-0.1, -0.05) is 6.07 Å². The number of alkyl carbamates (subject to hydrolysis) is 1. The fourth-order valence-electron chi connectivity index (χ4n) is 1.96. The van der Waals surface area contributed by atoms with Gasteiger partial charge in [0.05, 0.1) is 6.33 Å². The van der Waals surface area contributed by atoms with Crippen LogP contribution in [0.5, 0.6) is 0 Å². The smallest absolute Gasteiger partial charge is 0.408 e. The van der Waals surface area contributed by atoms with Gasteiger partial charge in [0.15, 0.2) is 0 Å². The van der Waals surface area contributed by atoms with E-state index in [1.54, 1.807) is 46.3 Å². The summed E-state index contributed by atoms with van der Waals surface area (Å²) in [7, 11) is 0. The number of imidazole rings is 1. The lowest BCUT2D eigenvalue weighted by Crippen LogP contribution is -2.43. The van der Waals surface area contributed by atoms with Crippen LogP contribution in [0.1, 0.15) is 27.7 Å². The Kier molecular flexibility index (Phi) is 5.23. The van der Waals surface area contributed by atoms with Gasteiger partial charge >= 0.3 is 6.09 Å². The summed E-state index contributed by atoms with van der Waals surface area (Å²) in [5.74, 6) is -0.330. The minimum Gasteiger partial charge on any atom is -0.444 e. The molecule has 1 heterocycles. The minimum atomic E-state index is -0.725. The van der Waals surface area contributed by atoms with E-state index in [4.69, 9.17) is 4.74 Å². The third-order valence-corrected chi connectivity index (χ3v) is 3.04. The first kappa shape index (κ1) is 17.5. The summed E-state index contributed by atoms with van der Waals surface area (Å²) < 4.78 is 6.97. The van der Waals surface area contributed by atoms with Gasteiger partial charge in [-0.2, -0.15) is 0 Å². The van der Waals surface area contributed by atoms with E-state index in [1.807, 2.05) is 29.0 Å². The van der Waals surface area contributed by atoms with Crippen LogP contribution in [0.15, 0.2) is 43.0 Å². The number of rotatable bonds is 4. The van der Waals surface area contributed by atoms with Crippen molar-refractivity contribution in [3.8, 4) is 5.69 Å². The zero-order chi connectivity index (χ0) is 17.7. The summed E-state index contributed by atoms with van der Waals surface area (Å²) >= 11 is 0. The lowest BCUT2D eigenvalue weighted by molar-refractivity contribution is -0.117. The lowest BCUT2D eigenvalue weighted by Gasteiger charge is -2.21. The molecule has 1 unspecified atom stereocenters. The van der Waals surface area contributed by atoms with Gasteiger partial charge in [-0.05, 0) is 45.9 Å². The Labute approximate surface area is 141 Å². The molecule has 0 saturated heterocycles. The summed E-state index contributed by atoms with van der Waals surface area (Å²) in [5.41, 5.74) is 0.890. The number of anilines is 1. The van der Waals surface area contributed by atoms with Crippen molar-refractivity contribution >= 4 is 17.7 Å². The van der Waals surface area contributed by atoms with E-state index in [-0.39, 0.29) is 5.91 Å². The number of ether oxygens (including phenoxy) is 1. The predicted octanol–water partition coefficient (Wildman–Crippen LogP) is 2.72. The molecule has 0 aliphatic rings. The maximum Gasteiger partial charge on any atom is 0.408 e. The molecule has 0 aliphatic carbocycles. The third kappa shape index (κ3) is 5.12. The molecule has 0 fully saturated rings. The number of nitrogens with one attached hydrogen (secondary N) is 2. The van der Waals surface area contributed by atoms with E-state index in [0.29, 0.717) is 5.69 Å². The second kappa shape index (κ2) is 7.16. The van der Waals surface area contributed by atoms with Crippen LogP contribution in [-0.4, -0.2) is 33.2 Å². The minimum absolute atomic E-state index is 0.330. The van der Waals surface area contributed by atoms with Gasteiger partial charge < -0.3 is 19.9 Å².